The van der Waals surface area contributed by atoms with Crippen molar-refractivity contribution in [3.63, 3.8) is 0 Å². The number of ether oxygens (including phenoxy) is 1. The zero-order valence-electron chi connectivity index (χ0n) is 14.9. The van der Waals surface area contributed by atoms with E-state index in [1.54, 1.807) is 13.1 Å². The summed E-state index contributed by atoms with van der Waals surface area (Å²) in [4.78, 5) is 33.8. The molecule has 0 aliphatic carbocycles. The summed E-state index contributed by atoms with van der Waals surface area (Å²) in [5, 5.41) is 1.01. The van der Waals surface area contributed by atoms with E-state index in [1.807, 2.05) is 9.80 Å². The summed E-state index contributed by atoms with van der Waals surface area (Å²) in [7, 11) is 0. The predicted octanol–water partition coefficient (Wildman–Crippen LogP) is 1.80. The number of carbonyl (C=O) groups is 2. The fourth-order valence-electron chi connectivity index (χ4n) is 4.77. The first kappa shape index (κ1) is 17.0. The highest BCUT2D eigenvalue weighted by Gasteiger charge is 2.56. The molecular weight excluding hydrogens is 338 g/mol. The molecule has 2 atom stereocenters. The van der Waals surface area contributed by atoms with Crippen LogP contribution < -0.4 is 0 Å². The molecular formula is C18H25N3O3S. The summed E-state index contributed by atoms with van der Waals surface area (Å²) < 4.78 is 5.70. The molecule has 3 aliphatic heterocycles. The van der Waals surface area contributed by atoms with Crippen molar-refractivity contribution in [1.82, 2.24) is 14.8 Å². The number of likely N-dealkylation sites (tertiary alicyclic amines) is 2. The van der Waals surface area contributed by atoms with Crippen molar-refractivity contribution in [2.24, 2.45) is 11.3 Å². The average molecular weight is 363 g/mol. The maximum absolute atomic E-state index is 12.7. The quantitative estimate of drug-likeness (QED) is 0.804. The molecule has 3 fully saturated rings. The van der Waals surface area contributed by atoms with E-state index >= 15 is 0 Å². The second kappa shape index (κ2) is 6.36. The largest absolute Gasteiger partial charge is 0.379 e. The summed E-state index contributed by atoms with van der Waals surface area (Å²) in [5.41, 5.74) is 0.117. The second-order valence-corrected chi connectivity index (χ2v) is 8.60. The van der Waals surface area contributed by atoms with Crippen molar-refractivity contribution in [3.05, 3.63) is 16.1 Å². The summed E-state index contributed by atoms with van der Waals surface area (Å²) >= 11 is 1.50. The van der Waals surface area contributed by atoms with Crippen LogP contribution in [0.2, 0.25) is 0 Å². The maximum Gasteiger partial charge on any atom is 0.265 e. The first-order valence-electron chi connectivity index (χ1n) is 9.13. The van der Waals surface area contributed by atoms with Gasteiger partial charge in [-0.25, -0.2) is 4.98 Å². The van der Waals surface area contributed by atoms with Crippen molar-refractivity contribution in [1.29, 1.82) is 0 Å². The average Bonchev–Trinajstić information content (AvgIpc) is 3.32. The molecule has 1 aromatic heterocycles. The molecule has 2 amide bonds. The fourth-order valence-corrected chi connectivity index (χ4v) is 5.59. The molecule has 0 radical (unpaired) electrons. The van der Waals surface area contributed by atoms with Crippen LogP contribution in [0.1, 0.15) is 41.4 Å². The van der Waals surface area contributed by atoms with Gasteiger partial charge >= 0.3 is 0 Å². The van der Waals surface area contributed by atoms with Gasteiger partial charge in [-0.05, 0) is 24.7 Å². The monoisotopic (exact) mass is 363 g/mol. The van der Waals surface area contributed by atoms with Gasteiger partial charge in [-0.3, -0.25) is 9.59 Å². The van der Waals surface area contributed by atoms with E-state index in [9.17, 15) is 9.59 Å². The Labute approximate surface area is 152 Å². The number of nitrogens with zero attached hydrogens (tertiary/aromatic N) is 3. The SMILES string of the molecule is CCc1ncc(C(=O)N2CCC3(CC2)CN(C(C)=O)[C@@H]2COC[C@@H]23)s1. The van der Waals surface area contributed by atoms with E-state index in [4.69, 9.17) is 4.74 Å². The molecule has 0 N–H and O–H groups in total. The van der Waals surface area contributed by atoms with Crippen molar-refractivity contribution >= 4 is 23.2 Å². The summed E-state index contributed by atoms with van der Waals surface area (Å²) in [5.74, 6) is 0.670. The molecule has 0 unspecified atom stereocenters. The van der Waals surface area contributed by atoms with E-state index in [2.05, 4.69) is 11.9 Å². The van der Waals surface area contributed by atoms with Gasteiger partial charge in [-0.15, -0.1) is 11.3 Å². The van der Waals surface area contributed by atoms with E-state index < -0.39 is 0 Å². The second-order valence-electron chi connectivity index (χ2n) is 7.48. The fraction of sp³-hybridized carbons (Fsp3) is 0.722. The summed E-state index contributed by atoms with van der Waals surface area (Å²) in [6.45, 7) is 7.46. The van der Waals surface area contributed by atoms with Crippen LogP contribution in [0.3, 0.4) is 0 Å². The van der Waals surface area contributed by atoms with Gasteiger partial charge in [0.05, 0.1) is 30.5 Å². The molecule has 7 heteroatoms. The van der Waals surface area contributed by atoms with E-state index in [-0.39, 0.29) is 23.3 Å². The Balaban J connectivity index is 1.46. The van der Waals surface area contributed by atoms with Gasteiger partial charge in [-0.2, -0.15) is 0 Å². The number of thiazole rings is 1. The summed E-state index contributed by atoms with van der Waals surface area (Å²) in [6.07, 6.45) is 4.48. The van der Waals surface area contributed by atoms with Gasteiger partial charge in [0.25, 0.3) is 5.91 Å². The normalized spacial score (nSPS) is 27.8. The van der Waals surface area contributed by atoms with Crippen molar-refractivity contribution in [2.45, 2.75) is 39.2 Å². The van der Waals surface area contributed by atoms with Crippen LogP contribution in [0.25, 0.3) is 0 Å². The van der Waals surface area contributed by atoms with Crippen LogP contribution in [0.15, 0.2) is 6.20 Å². The number of aromatic nitrogens is 1. The predicted molar refractivity (Wildman–Crippen MR) is 94.5 cm³/mol. The highest BCUT2D eigenvalue weighted by atomic mass is 32.1. The lowest BCUT2D eigenvalue weighted by Crippen LogP contribution is -2.47. The van der Waals surface area contributed by atoms with Crippen LogP contribution in [0, 0.1) is 11.3 Å². The van der Waals surface area contributed by atoms with E-state index in [1.165, 1.54) is 11.3 Å². The van der Waals surface area contributed by atoms with Crippen LogP contribution in [0.4, 0.5) is 0 Å². The molecule has 1 spiro atoms. The third kappa shape index (κ3) is 2.77. The van der Waals surface area contributed by atoms with E-state index in [0.717, 1.165) is 55.4 Å². The first-order valence-corrected chi connectivity index (χ1v) is 9.94. The van der Waals surface area contributed by atoms with Crippen LogP contribution in [0.5, 0.6) is 0 Å². The smallest absolute Gasteiger partial charge is 0.265 e. The lowest BCUT2D eigenvalue weighted by Gasteiger charge is -2.41. The van der Waals surface area contributed by atoms with E-state index in [0.29, 0.717) is 12.5 Å². The molecule has 136 valence electrons. The van der Waals surface area contributed by atoms with Crippen LogP contribution in [-0.4, -0.2) is 65.5 Å². The minimum atomic E-state index is 0.104. The third-order valence-electron chi connectivity index (χ3n) is 6.24. The molecule has 3 saturated heterocycles. The number of amides is 2. The number of rotatable bonds is 2. The molecule has 6 nitrogen and oxygen atoms in total. The Kier molecular flexibility index (Phi) is 4.32. The third-order valence-corrected chi connectivity index (χ3v) is 7.37. The Hall–Kier alpha value is -1.47. The lowest BCUT2D eigenvalue weighted by atomic mass is 9.70. The zero-order chi connectivity index (χ0) is 17.6. The van der Waals surface area contributed by atoms with Gasteiger partial charge in [0.1, 0.15) is 4.88 Å². The molecule has 3 aliphatic rings. The van der Waals surface area contributed by atoms with Crippen molar-refractivity contribution in [3.8, 4) is 0 Å². The van der Waals surface area contributed by atoms with Crippen molar-refractivity contribution < 1.29 is 14.3 Å². The molecule has 0 bridgehead atoms. The lowest BCUT2D eigenvalue weighted by molar-refractivity contribution is -0.130. The Morgan fingerprint density at radius 1 is 1.36 bits per heavy atom. The van der Waals surface area contributed by atoms with Crippen LogP contribution in [-0.2, 0) is 16.0 Å². The zero-order valence-corrected chi connectivity index (χ0v) is 15.7. The van der Waals surface area contributed by atoms with Gasteiger partial charge in [0.2, 0.25) is 5.91 Å². The Bertz CT molecular complexity index is 681. The van der Waals surface area contributed by atoms with Gasteiger partial charge in [0.15, 0.2) is 0 Å². The Morgan fingerprint density at radius 2 is 2.12 bits per heavy atom. The maximum atomic E-state index is 12.7. The Morgan fingerprint density at radius 3 is 2.76 bits per heavy atom. The highest BCUT2D eigenvalue weighted by Crippen LogP contribution is 2.50. The minimum absolute atomic E-state index is 0.104. The van der Waals surface area contributed by atoms with Gasteiger partial charge in [-0.1, -0.05) is 6.92 Å². The summed E-state index contributed by atoms with van der Waals surface area (Å²) in [6, 6.07) is 0.230. The van der Waals surface area contributed by atoms with Crippen LogP contribution >= 0.6 is 11.3 Å². The number of hydrogen-bond donors (Lipinski definition) is 0. The number of carbonyl (C=O) groups excluding carboxylic acids is 2. The number of fused-ring (bicyclic) bond motifs is 2. The number of aryl methyl sites for hydroxylation is 1. The molecule has 1 aromatic rings. The topological polar surface area (TPSA) is 62.7 Å². The molecule has 25 heavy (non-hydrogen) atoms. The molecule has 4 rings (SSSR count). The van der Waals surface area contributed by atoms with Gasteiger partial charge in [0, 0.05) is 32.5 Å². The molecule has 4 heterocycles. The number of piperidine rings is 1. The highest BCUT2D eigenvalue weighted by molar-refractivity contribution is 7.13. The number of hydrogen-bond acceptors (Lipinski definition) is 5. The molecule has 0 saturated carbocycles. The first-order chi connectivity index (χ1) is 12.0. The molecule has 0 aromatic carbocycles. The van der Waals surface area contributed by atoms with Crippen molar-refractivity contribution in [2.75, 3.05) is 32.8 Å². The minimum Gasteiger partial charge on any atom is -0.379 e. The standard InChI is InChI=1S/C18H25N3O3S/c1-3-16-19-8-15(25-16)17(23)20-6-4-18(5-7-20)11-21(12(2)22)14-10-24-9-13(14)18/h8,13-14H,3-7,9-11H2,1-2H3/t13-,14+/m0/s1. The van der Waals surface area contributed by atoms with Gasteiger partial charge < -0.3 is 14.5 Å².